The average molecular weight is 234 g/mol. The fraction of sp³-hybridized carbons (Fsp3) is 0. The molecule has 2 heterocycles. The first-order chi connectivity index (χ1) is 7.26. The van der Waals surface area contributed by atoms with E-state index in [1.165, 1.54) is 6.20 Å². The van der Waals surface area contributed by atoms with Crippen LogP contribution in [0.3, 0.4) is 0 Å². The van der Waals surface area contributed by atoms with Crippen molar-refractivity contribution in [2.75, 3.05) is 0 Å². The predicted octanol–water partition coefficient (Wildman–Crippen LogP) is 1.23. The van der Waals surface area contributed by atoms with E-state index in [4.69, 9.17) is 10.5 Å². The summed E-state index contributed by atoms with van der Waals surface area (Å²) in [7, 11) is 0. The molecule has 0 atom stereocenters. The summed E-state index contributed by atoms with van der Waals surface area (Å²) in [5.41, 5.74) is -0.338. The van der Waals surface area contributed by atoms with Crippen molar-refractivity contribution in [2.45, 2.75) is 9.79 Å². The fourth-order valence-corrected chi connectivity index (χ4v) is 2.87. The van der Waals surface area contributed by atoms with Crippen LogP contribution in [0, 0.1) is 22.7 Å². The van der Waals surface area contributed by atoms with Gasteiger partial charge in [0, 0.05) is 0 Å². The smallest absolute Gasteiger partial charge is 0.267 e. The van der Waals surface area contributed by atoms with Gasteiger partial charge >= 0.3 is 0 Å². The van der Waals surface area contributed by atoms with Gasteiger partial charge in [0.1, 0.15) is 21.9 Å². The fourth-order valence-electron chi connectivity index (χ4n) is 0.992. The Labute approximate surface area is 92.8 Å². The number of hydrogen-bond acceptors (Lipinski definition) is 6. The van der Waals surface area contributed by atoms with Gasteiger partial charge in [0.25, 0.3) is 5.56 Å². The van der Waals surface area contributed by atoms with Crippen LogP contribution in [-0.4, -0.2) is 10.2 Å². The molecule has 1 N–H and O–H groups in total. The highest BCUT2D eigenvalue weighted by Gasteiger charge is 2.22. The molecule has 0 amide bonds. The minimum absolute atomic E-state index is 0.256. The molecular weight excluding hydrogens is 232 g/mol. The molecule has 0 spiro atoms. The number of nitriles is 2. The van der Waals surface area contributed by atoms with Crippen LogP contribution in [-0.2, 0) is 0 Å². The molecule has 1 aliphatic heterocycles. The van der Waals surface area contributed by atoms with E-state index in [-0.39, 0.29) is 10.5 Å². The van der Waals surface area contributed by atoms with Gasteiger partial charge in [-0.05, 0) is 0 Å². The van der Waals surface area contributed by atoms with Gasteiger partial charge < -0.3 is 0 Å². The van der Waals surface area contributed by atoms with Crippen molar-refractivity contribution in [3.8, 4) is 12.1 Å². The number of aromatic amines is 1. The second kappa shape index (κ2) is 3.81. The van der Waals surface area contributed by atoms with Gasteiger partial charge in [0.2, 0.25) is 0 Å². The Hall–Kier alpha value is -1.70. The Kier molecular flexibility index (Phi) is 2.50. The summed E-state index contributed by atoms with van der Waals surface area (Å²) in [5.74, 6) is 0. The molecule has 0 unspecified atom stereocenters. The van der Waals surface area contributed by atoms with E-state index < -0.39 is 0 Å². The lowest BCUT2D eigenvalue weighted by Crippen LogP contribution is -2.12. The predicted molar refractivity (Wildman–Crippen MR) is 54.8 cm³/mol. The van der Waals surface area contributed by atoms with Gasteiger partial charge in [-0.25, -0.2) is 5.10 Å². The second-order valence-electron chi connectivity index (χ2n) is 2.48. The highest BCUT2D eigenvalue weighted by atomic mass is 32.2. The molecule has 5 nitrogen and oxygen atoms in total. The molecule has 0 radical (unpaired) electrons. The minimum atomic E-state index is -0.338. The van der Waals surface area contributed by atoms with E-state index in [1.54, 1.807) is 0 Å². The molecule has 1 aromatic heterocycles. The lowest BCUT2D eigenvalue weighted by atomic mass is 10.5. The molecule has 1 aliphatic rings. The van der Waals surface area contributed by atoms with E-state index in [2.05, 4.69) is 10.2 Å². The van der Waals surface area contributed by atoms with Crippen LogP contribution < -0.4 is 5.56 Å². The number of hydrogen-bond donors (Lipinski definition) is 1. The van der Waals surface area contributed by atoms with E-state index in [1.807, 2.05) is 12.1 Å². The van der Waals surface area contributed by atoms with Gasteiger partial charge in [0.05, 0.1) is 16.0 Å². The summed E-state index contributed by atoms with van der Waals surface area (Å²) in [5, 5.41) is 23.5. The summed E-state index contributed by atoms with van der Waals surface area (Å²) >= 11 is 2.10. The molecule has 0 aromatic carbocycles. The first kappa shape index (κ1) is 9.84. The number of aromatic nitrogens is 2. The zero-order chi connectivity index (χ0) is 10.8. The SMILES string of the molecule is N#CC1=C(C#N)Sc2c(cn[nH]c2=O)S1. The summed E-state index contributed by atoms with van der Waals surface area (Å²) < 4.78 is 0. The Bertz CT molecular complexity index is 590. The molecule has 0 aliphatic carbocycles. The number of thioether (sulfide) groups is 2. The average Bonchev–Trinajstić information content (AvgIpc) is 2.28. The van der Waals surface area contributed by atoms with Crippen LogP contribution in [0.2, 0.25) is 0 Å². The zero-order valence-corrected chi connectivity index (χ0v) is 8.78. The highest BCUT2D eigenvalue weighted by molar-refractivity contribution is 8.09. The number of rotatable bonds is 0. The van der Waals surface area contributed by atoms with Crippen LogP contribution >= 0.6 is 23.5 Å². The van der Waals surface area contributed by atoms with Crippen molar-refractivity contribution >= 4 is 23.5 Å². The zero-order valence-electron chi connectivity index (χ0n) is 7.14. The Morgan fingerprint density at radius 2 is 1.93 bits per heavy atom. The van der Waals surface area contributed by atoms with Crippen molar-refractivity contribution in [1.29, 1.82) is 10.5 Å². The molecule has 7 heteroatoms. The number of nitrogens with one attached hydrogen (secondary N) is 1. The molecule has 72 valence electrons. The maximum atomic E-state index is 11.4. The maximum Gasteiger partial charge on any atom is 0.279 e. The number of allylic oxidation sites excluding steroid dienone is 2. The van der Waals surface area contributed by atoms with E-state index >= 15 is 0 Å². The number of nitrogens with zero attached hydrogens (tertiary/aromatic N) is 3. The third-order valence-electron chi connectivity index (χ3n) is 1.60. The molecule has 0 saturated heterocycles. The molecule has 15 heavy (non-hydrogen) atoms. The topological polar surface area (TPSA) is 93.3 Å². The summed E-state index contributed by atoms with van der Waals surface area (Å²) in [6.45, 7) is 0. The molecule has 0 fully saturated rings. The molecular formula is C8H2N4OS2. The second-order valence-corrected chi connectivity index (χ2v) is 4.55. The maximum absolute atomic E-state index is 11.4. The highest BCUT2D eigenvalue weighted by Crippen LogP contribution is 2.43. The molecule has 1 aromatic rings. The standard InChI is InChI=1S/C8H2N4OS2/c9-1-4-5(2-10)15-7-6(14-4)3-11-12-8(7)13/h3H,(H,12,13). The first-order valence-corrected chi connectivity index (χ1v) is 5.37. The van der Waals surface area contributed by atoms with Crippen molar-refractivity contribution in [3.05, 3.63) is 26.4 Å². The van der Waals surface area contributed by atoms with Gasteiger partial charge in [-0.15, -0.1) is 0 Å². The summed E-state index contributed by atoms with van der Waals surface area (Å²) in [6.07, 6.45) is 1.47. The number of fused-ring (bicyclic) bond motifs is 1. The van der Waals surface area contributed by atoms with Crippen LogP contribution in [0.5, 0.6) is 0 Å². The van der Waals surface area contributed by atoms with E-state index in [0.717, 1.165) is 23.5 Å². The quantitative estimate of drug-likeness (QED) is 0.725. The van der Waals surface area contributed by atoms with Gasteiger partial charge in [-0.3, -0.25) is 4.79 Å². The molecule has 0 bridgehead atoms. The Morgan fingerprint density at radius 3 is 2.60 bits per heavy atom. The van der Waals surface area contributed by atoms with Gasteiger partial charge in [-0.2, -0.15) is 15.6 Å². The Morgan fingerprint density at radius 1 is 1.27 bits per heavy atom. The normalized spacial score (nSPS) is 14.0. The lowest BCUT2D eigenvalue weighted by Gasteiger charge is -2.11. The van der Waals surface area contributed by atoms with E-state index in [0.29, 0.717) is 14.7 Å². The minimum Gasteiger partial charge on any atom is -0.267 e. The summed E-state index contributed by atoms with van der Waals surface area (Å²) in [6, 6.07) is 3.82. The summed E-state index contributed by atoms with van der Waals surface area (Å²) in [4.78, 5) is 12.9. The van der Waals surface area contributed by atoms with Crippen LogP contribution in [0.25, 0.3) is 0 Å². The third kappa shape index (κ3) is 1.63. The van der Waals surface area contributed by atoms with Crippen LogP contribution in [0.4, 0.5) is 0 Å². The first-order valence-electron chi connectivity index (χ1n) is 3.74. The molecule has 2 rings (SSSR count). The monoisotopic (exact) mass is 234 g/mol. The van der Waals surface area contributed by atoms with Crippen LogP contribution in [0.15, 0.2) is 30.6 Å². The molecule has 0 saturated carbocycles. The van der Waals surface area contributed by atoms with Crippen molar-refractivity contribution < 1.29 is 0 Å². The number of H-pyrrole nitrogens is 1. The third-order valence-corrected chi connectivity index (χ3v) is 4.00. The largest absolute Gasteiger partial charge is 0.279 e. The Balaban J connectivity index is 2.59. The van der Waals surface area contributed by atoms with Crippen molar-refractivity contribution in [3.63, 3.8) is 0 Å². The van der Waals surface area contributed by atoms with E-state index in [9.17, 15) is 4.79 Å². The van der Waals surface area contributed by atoms with Crippen molar-refractivity contribution in [1.82, 2.24) is 10.2 Å². The van der Waals surface area contributed by atoms with Gasteiger partial charge in [0.15, 0.2) is 0 Å². The van der Waals surface area contributed by atoms with Crippen molar-refractivity contribution in [2.24, 2.45) is 0 Å². The lowest BCUT2D eigenvalue weighted by molar-refractivity contribution is 0.898. The van der Waals surface area contributed by atoms with Gasteiger partial charge in [-0.1, -0.05) is 23.5 Å². The van der Waals surface area contributed by atoms with Crippen LogP contribution in [0.1, 0.15) is 0 Å².